The standard InChI is InChI=1S/C14H19FN2O3/c1-9(2)17(7-6-13(18)19)14(20)16-12-5-4-10(3)8-11(12)15/h4-5,8-9H,6-7H2,1-3H3,(H,16,20)(H,18,19). The lowest BCUT2D eigenvalue weighted by Crippen LogP contribution is -2.41. The van der Waals surface area contributed by atoms with Gasteiger partial charge in [-0.1, -0.05) is 6.07 Å². The van der Waals surface area contributed by atoms with Gasteiger partial charge in [0.25, 0.3) is 0 Å². The van der Waals surface area contributed by atoms with E-state index in [9.17, 15) is 14.0 Å². The van der Waals surface area contributed by atoms with Crippen molar-refractivity contribution in [3.05, 3.63) is 29.6 Å². The second kappa shape index (κ2) is 6.88. The Morgan fingerprint density at radius 1 is 1.40 bits per heavy atom. The van der Waals surface area contributed by atoms with Crippen LogP contribution in [0.15, 0.2) is 18.2 Å². The van der Waals surface area contributed by atoms with Crippen LogP contribution in [0.1, 0.15) is 25.8 Å². The molecule has 0 saturated heterocycles. The van der Waals surface area contributed by atoms with E-state index < -0.39 is 17.8 Å². The van der Waals surface area contributed by atoms with Crippen LogP contribution in [-0.2, 0) is 4.79 Å². The Morgan fingerprint density at radius 2 is 2.05 bits per heavy atom. The molecular weight excluding hydrogens is 263 g/mol. The average Bonchev–Trinajstić information content (AvgIpc) is 2.32. The Balaban J connectivity index is 2.77. The Bertz CT molecular complexity index is 503. The summed E-state index contributed by atoms with van der Waals surface area (Å²) in [5.41, 5.74) is 0.841. The molecule has 0 aliphatic carbocycles. The quantitative estimate of drug-likeness (QED) is 0.872. The number of urea groups is 1. The van der Waals surface area contributed by atoms with Gasteiger partial charge in [0.05, 0.1) is 12.1 Å². The maximum Gasteiger partial charge on any atom is 0.322 e. The summed E-state index contributed by atoms with van der Waals surface area (Å²) in [6, 6.07) is 3.81. The Labute approximate surface area is 117 Å². The van der Waals surface area contributed by atoms with Crippen LogP contribution in [0.3, 0.4) is 0 Å². The number of benzene rings is 1. The van der Waals surface area contributed by atoms with E-state index >= 15 is 0 Å². The van der Waals surface area contributed by atoms with Crippen molar-refractivity contribution in [3.8, 4) is 0 Å². The number of amides is 2. The predicted octanol–water partition coefficient (Wildman–Crippen LogP) is 2.85. The molecule has 6 heteroatoms. The van der Waals surface area contributed by atoms with E-state index in [0.717, 1.165) is 5.56 Å². The average molecular weight is 282 g/mol. The minimum absolute atomic E-state index is 0.0757. The zero-order valence-corrected chi connectivity index (χ0v) is 11.8. The summed E-state index contributed by atoms with van der Waals surface area (Å²) in [6.45, 7) is 5.37. The molecule has 1 aromatic carbocycles. The summed E-state index contributed by atoms with van der Waals surface area (Å²) in [5, 5.41) is 11.1. The minimum Gasteiger partial charge on any atom is -0.481 e. The molecule has 0 aromatic heterocycles. The van der Waals surface area contributed by atoms with Crippen molar-refractivity contribution in [3.63, 3.8) is 0 Å². The fourth-order valence-corrected chi connectivity index (χ4v) is 1.72. The molecule has 20 heavy (non-hydrogen) atoms. The molecule has 1 rings (SSSR count). The van der Waals surface area contributed by atoms with Gasteiger partial charge in [-0.15, -0.1) is 0 Å². The first kappa shape index (κ1) is 15.9. The lowest BCUT2D eigenvalue weighted by molar-refractivity contribution is -0.137. The molecule has 0 aliphatic heterocycles. The van der Waals surface area contributed by atoms with Crippen LogP contribution in [0, 0.1) is 12.7 Å². The molecule has 2 N–H and O–H groups in total. The zero-order valence-electron chi connectivity index (χ0n) is 11.8. The second-order valence-corrected chi connectivity index (χ2v) is 4.84. The second-order valence-electron chi connectivity index (χ2n) is 4.84. The number of rotatable bonds is 5. The van der Waals surface area contributed by atoms with Gasteiger partial charge in [0.2, 0.25) is 0 Å². The predicted molar refractivity (Wildman–Crippen MR) is 74.3 cm³/mol. The first-order valence-corrected chi connectivity index (χ1v) is 6.37. The number of carboxylic acids is 1. The molecular formula is C14H19FN2O3. The number of hydrogen-bond donors (Lipinski definition) is 2. The number of anilines is 1. The Hall–Kier alpha value is -2.11. The van der Waals surface area contributed by atoms with Crippen LogP contribution >= 0.6 is 0 Å². The van der Waals surface area contributed by atoms with Crippen LogP contribution in [-0.4, -0.2) is 34.6 Å². The number of carbonyl (C=O) groups is 2. The minimum atomic E-state index is -0.982. The van der Waals surface area contributed by atoms with Gasteiger partial charge in [-0.25, -0.2) is 9.18 Å². The van der Waals surface area contributed by atoms with Crippen molar-refractivity contribution in [2.75, 3.05) is 11.9 Å². The van der Waals surface area contributed by atoms with Crippen LogP contribution in [0.4, 0.5) is 14.9 Å². The van der Waals surface area contributed by atoms with E-state index in [1.165, 1.54) is 17.0 Å². The van der Waals surface area contributed by atoms with Crippen LogP contribution in [0.2, 0.25) is 0 Å². The van der Waals surface area contributed by atoms with Gasteiger partial charge < -0.3 is 15.3 Å². The molecule has 2 amide bonds. The van der Waals surface area contributed by atoms with Crippen molar-refractivity contribution < 1.29 is 19.1 Å². The van der Waals surface area contributed by atoms with Gasteiger partial charge in [0.1, 0.15) is 5.82 Å². The molecule has 0 spiro atoms. The number of aryl methyl sites for hydroxylation is 1. The third kappa shape index (κ3) is 4.53. The highest BCUT2D eigenvalue weighted by molar-refractivity contribution is 5.89. The van der Waals surface area contributed by atoms with Crippen molar-refractivity contribution >= 4 is 17.7 Å². The first-order valence-electron chi connectivity index (χ1n) is 6.37. The molecule has 0 bridgehead atoms. The van der Waals surface area contributed by atoms with Gasteiger partial charge in [-0.2, -0.15) is 0 Å². The molecule has 110 valence electrons. The number of carboxylic acid groups (broad SMARTS) is 1. The van der Waals surface area contributed by atoms with Crippen LogP contribution in [0.5, 0.6) is 0 Å². The normalized spacial score (nSPS) is 10.4. The number of nitrogens with zero attached hydrogens (tertiary/aromatic N) is 1. The maximum atomic E-state index is 13.7. The molecule has 0 heterocycles. The zero-order chi connectivity index (χ0) is 15.3. The van der Waals surface area contributed by atoms with Gasteiger partial charge in [-0.3, -0.25) is 4.79 Å². The fourth-order valence-electron chi connectivity index (χ4n) is 1.72. The first-order chi connectivity index (χ1) is 9.31. The number of aliphatic carboxylic acids is 1. The van der Waals surface area contributed by atoms with E-state index in [0.29, 0.717) is 0 Å². The SMILES string of the molecule is Cc1ccc(NC(=O)N(CCC(=O)O)C(C)C)c(F)c1. The van der Waals surface area contributed by atoms with Gasteiger partial charge >= 0.3 is 12.0 Å². The van der Waals surface area contributed by atoms with Crippen LogP contribution in [0.25, 0.3) is 0 Å². The molecule has 0 unspecified atom stereocenters. The molecule has 0 atom stereocenters. The number of hydrogen-bond acceptors (Lipinski definition) is 2. The van der Waals surface area contributed by atoms with Crippen molar-refractivity contribution in [1.82, 2.24) is 4.90 Å². The van der Waals surface area contributed by atoms with Gasteiger partial charge in [0.15, 0.2) is 0 Å². The summed E-state index contributed by atoms with van der Waals surface area (Å²) in [5.74, 6) is -1.50. The Kier molecular flexibility index (Phi) is 5.49. The topological polar surface area (TPSA) is 69.6 Å². The van der Waals surface area contributed by atoms with E-state index in [2.05, 4.69) is 5.32 Å². The number of halogens is 1. The van der Waals surface area contributed by atoms with E-state index in [1.807, 2.05) is 0 Å². The summed E-state index contributed by atoms with van der Waals surface area (Å²) in [4.78, 5) is 24.0. The highest BCUT2D eigenvalue weighted by Gasteiger charge is 2.19. The summed E-state index contributed by atoms with van der Waals surface area (Å²) < 4.78 is 13.7. The lowest BCUT2D eigenvalue weighted by atomic mass is 10.2. The monoisotopic (exact) mass is 282 g/mol. The van der Waals surface area contributed by atoms with Gasteiger partial charge in [0, 0.05) is 12.6 Å². The highest BCUT2D eigenvalue weighted by atomic mass is 19.1. The highest BCUT2D eigenvalue weighted by Crippen LogP contribution is 2.16. The van der Waals surface area contributed by atoms with Crippen molar-refractivity contribution in [2.45, 2.75) is 33.2 Å². The number of carbonyl (C=O) groups excluding carboxylic acids is 1. The molecule has 5 nitrogen and oxygen atoms in total. The summed E-state index contributed by atoms with van der Waals surface area (Å²) >= 11 is 0. The van der Waals surface area contributed by atoms with Crippen LogP contribution < -0.4 is 5.32 Å². The fraction of sp³-hybridized carbons (Fsp3) is 0.429. The molecule has 1 aromatic rings. The van der Waals surface area contributed by atoms with E-state index in [1.54, 1.807) is 26.8 Å². The molecule has 0 radical (unpaired) electrons. The van der Waals surface area contributed by atoms with Crippen molar-refractivity contribution in [2.24, 2.45) is 0 Å². The summed E-state index contributed by atoms with van der Waals surface area (Å²) in [6.07, 6.45) is -0.151. The number of nitrogens with one attached hydrogen (secondary N) is 1. The third-order valence-corrected chi connectivity index (χ3v) is 2.82. The van der Waals surface area contributed by atoms with Gasteiger partial charge in [-0.05, 0) is 38.5 Å². The van der Waals surface area contributed by atoms with E-state index in [4.69, 9.17) is 5.11 Å². The smallest absolute Gasteiger partial charge is 0.322 e. The van der Waals surface area contributed by atoms with Crippen molar-refractivity contribution in [1.29, 1.82) is 0 Å². The largest absolute Gasteiger partial charge is 0.481 e. The van der Waals surface area contributed by atoms with E-state index in [-0.39, 0.29) is 24.7 Å². The maximum absolute atomic E-state index is 13.7. The Morgan fingerprint density at radius 3 is 2.55 bits per heavy atom. The molecule has 0 fully saturated rings. The third-order valence-electron chi connectivity index (χ3n) is 2.82. The lowest BCUT2D eigenvalue weighted by Gasteiger charge is -2.26. The molecule has 0 saturated carbocycles. The summed E-state index contributed by atoms with van der Waals surface area (Å²) in [7, 11) is 0. The molecule has 0 aliphatic rings.